The molecule has 0 heterocycles. The van der Waals surface area contributed by atoms with Gasteiger partial charge in [0.1, 0.15) is 0 Å². The highest BCUT2D eigenvalue weighted by Crippen LogP contribution is 2.27. The Bertz CT molecular complexity index is 408. The molecule has 0 unspecified atom stereocenters. The zero-order valence-corrected chi connectivity index (χ0v) is 9.45. The monoisotopic (exact) mass is 232 g/mol. The minimum absolute atomic E-state index is 0.0156. The molecule has 0 amide bonds. The molecule has 0 atom stereocenters. The molecule has 0 aliphatic carbocycles. The Morgan fingerprint density at radius 2 is 1.60 bits per heavy atom. The van der Waals surface area contributed by atoms with Crippen LogP contribution in [0.4, 0.5) is 8.78 Å². The van der Waals surface area contributed by atoms with Gasteiger partial charge in [-0.15, -0.1) is 0 Å². The van der Waals surface area contributed by atoms with Crippen LogP contribution in [-0.2, 0) is 0 Å². The number of ketones is 1. The molecule has 15 heavy (non-hydrogen) atoms. The quantitative estimate of drug-likeness (QED) is 0.562. The molecule has 0 aliphatic rings. The molecule has 0 aliphatic heterocycles. The molecule has 0 N–H and O–H groups in total. The average molecular weight is 233 g/mol. The normalized spacial score (nSPS) is 11.6. The summed E-state index contributed by atoms with van der Waals surface area (Å²) in [4.78, 5) is 11.3. The maximum Gasteiger partial charge on any atom is 0.384 e. The molecule has 0 fully saturated rings. The summed E-state index contributed by atoms with van der Waals surface area (Å²) in [5, 5.41) is -3.83. The Morgan fingerprint density at radius 1 is 1.13 bits per heavy atom. The summed E-state index contributed by atoms with van der Waals surface area (Å²) >= 11 is 4.70. The number of rotatable bonds is 2. The second kappa shape index (κ2) is 3.89. The molecule has 0 bridgehead atoms. The summed E-state index contributed by atoms with van der Waals surface area (Å²) in [5.41, 5.74) is 2.26. The smallest absolute Gasteiger partial charge is 0.286 e. The number of hydrogen-bond acceptors (Lipinski definition) is 1. The van der Waals surface area contributed by atoms with Crippen molar-refractivity contribution in [3.05, 3.63) is 34.4 Å². The average Bonchev–Trinajstić information content (AvgIpc) is 2.08. The van der Waals surface area contributed by atoms with Gasteiger partial charge in [0, 0.05) is 5.56 Å². The van der Waals surface area contributed by atoms with Crippen molar-refractivity contribution in [1.29, 1.82) is 0 Å². The summed E-state index contributed by atoms with van der Waals surface area (Å²) in [6.07, 6.45) is 0. The van der Waals surface area contributed by atoms with Crippen LogP contribution in [0.25, 0.3) is 0 Å². The standard InChI is InChI=1S/C11H11ClF2O/c1-6-4-8(3)9(5-7(6)2)10(15)11(12,13)14/h4-5H,1-3H3. The van der Waals surface area contributed by atoms with Crippen LogP contribution in [0.5, 0.6) is 0 Å². The molecule has 4 heteroatoms. The van der Waals surface area contributed by atoms with Crippen LogP contribution < -0.4 is 0 Å². The van der Waals surface area contributed by atoms with Crippen molar-refractivity contribution in [3.63, 3.8) is 0 Å². The van der Waals surface area contributed by atoms with Gasteiger partial charge in [0.2, 0.25) is 5.78 Å². The summed E-state index contributed by atoms with van der Waals surface area (Å²) in [6, 6.07) is 3.15. The van der Waals surface area contributed by atoms with Crippen molar-refractivity contribution in [2.45, 2.75) is 26.2 Å². The minimum atomic E-state index is -3.83. The third kappa shape index (κ3) is 2.53. The predicted molar refractivity (Wildman–Crippen MR) is 55.8 cm³/mol. The van der Waals surface area contributed by atoms with Gasteiger partial charge >= 0.3 is 5.38 Å². The predicted octanol–water partition coefficient (Wildman–Crippen LogP) is 3.63. The molecule has 0 aromatic heterocycles. The van der Waals surface area contributed by atoms with Gasteiger partial charge < -0.3 is 0 Å². The Labute approximate surface area is 92.1 Å². The highest BCUT2D eigenvalue weighted by atomic mass is 35.5. The van der Waals surface area contributed by atoms with E-state index in [1.54, 1.807) is 19.9 Å². The zero-order valence-electron chi connectivity index (χ0n) is 8.70. The number of Topliss-reactive ketones (excluding diaryl/α,β-unsaturated/α-hetero) is 1. The lowest BCUT2D eigenvalue weighted by molar-refractivity contribution is 0.0535. The van der Waals surface area contributed by atoms with E-state index in [1.165, 1.54) is 6.07 Å². The second-order valence-electron chi connectivity index (χ2n) is 3.58. The lowest BCUT2D eigenvalue weighted by atomic mass is 9.98. The SMILES string of the molecule is Cc1cc(C)c(C(=O)C(F)(F)Cl)cc1C. The van der Waals surface area contributed by atoms with Crippen LogP contribution in [0.2, 0.25) is 0 Å². The summed E-state index contributed by atoms with van der Waals surface area (Å²) in [5.74, 6) is -1.34. The lowest BCUT2D eigenvalue weighted by Crippen LogP contribution is -2.22. The first-order chi connectivity index (χ1) is 6.73. The third-order valence-electron chi connectivity index (χ3n) is 2.34. The van der Waals surface area contributed by atoms with Crippen LogP contribution in [0.1, 0.15) is 27.0 Å². The fraction of sp³-hybridized carbons (Fsp3) is 0.364. The first-order valence-corrected chi connectivity index (χ1v) is 4.80. The van der Waals surface area contributed by atoms with E-state index in [0.29, 0.717) is 5.56 Å². The van der Waals surface area contributed by atoms with Gasteiger partial charge in [-0.25, -0.2) is 0 Å². The molecule has 82 valence electrons. The van der Waals surface area contributed by atoms with Crippen molar-refractivity contribution >= 4 is 17.4 Å². The molecule has 0 radical (unpaired) electrons. The molecule has 0 saturated carbocycles. The highest BCUT2D eigenvalue weighted by Gasteiger charge is 2.37. The van der Waals surface area contributed by atoms with E-state index in [4.69, 9.17) is 11.6 Å². The number of aryl methyl sites for hydroxylation is 3. The Morgan fingerprint density at radius 3 is 2.07 bits per heavy atom. The molecule has 1 nitrogen and oxygen atoms in total. The van der Waals surface area contributed by atoms with E-state index >= 15 is 0 Å². The Hall–Kier alpha value is -0.960. The molecular formula is C11H11ClF2O. The first kappa shape index (κ1) is 12.1. The minimum Gasteiger partial charge on any atom is -0.286 e. The van der Waals surface area contributed by atoms with Crippen LogP contribution in [-0.4, -0.2) is 11.2 Å². The Balaban J connectivity index is 3.28. The van der Waals surface area contributed by atoms with Crippen LogP contribution >= 0.6 is 11.6 Å². The number of carbonyl (C=O) groups is 1. The number of benzene rings is 1. The lowest BCUT2D eigenvalue weighted by Gasteiger charge is -2.11. The highest BCUT2D eigenvalue weighted by molar-refractivity contribution is 6.35. The molecule has 0 saturated heterocycles. The Kier molecular flexibility index (Phi) is 3.14. The third-order valence-corrected chi connectivity index (χ3v) is 2.51. The van der Waals surface area contributed by atoms with E-state index in [2.05, 4.69) is 0 Å². The molecule has 1 aromatic rings. The molecule has 1 aromatic carbocycles. The maximum absolute atomic E-state index is 12.6. The summed E-state index contributed by atoms with van der Waals surface area (Å²) < 4.78 is 25.3. The van der Waals surface area contributed by atoms with Gasteiger partial charge in [0.15, 0.2) is 0 Å². The van der Waals surface area contributed by atoms with Crippen LogP contribution in [0.3, 0.4) is 0 Å². The second-order valence-corrected chi connectivity index (χ2v) is 4.05. The zero-order chi connectivity index (χ0) is 11.8. The fourth-order valence-corrected chi connectivity index (χ4v) is 1.46. The molecule has 1 rings (SSSR count). The van der Waals surface area contributed by atoms with Gasteiger partial charge in [0.25, 0.3) is 0 Å². The van der Waals surface area contributed by atoms with Gasteiger partial charge in [-0.05, 0) is 55.1 Å². The topological polar surface area (TPSA) is 17.1 Å². The van der Waals surface area contributed by atoms with Crippen molar-refractivity contribution in [1.82, 2.24) is 0 Å². The van der Waals surface area contributed by atoms with Gasteiger partial charge in [-0.3, -0.25) is 4.79 Å². The van der Waals surface area contributed by atoms with Gasteiger partial charge in [0.05, 0.1) is 0 Å². The van der Waals surface area contributed by atoms with E-state index in [-0.39, 0.29) is 5.56 Å². The van der Waals surface area contributed by atoms with Crippen molar-refractivity contribution in [3.8, 4) is 0 Å². The summed E-state index contributed by atoms with van der Waals surface area (Å²) in [6.45, 7) is 5.23. The van der Waals surface area contributed by atoms with E-state index in [1.807, 2.05) is 6.92 Å². The van der Waals surface area contributed by atoms with Gasteiger partial charge in [-0.2, -0.15) is 8.78 Å². The first-order valence-electron chi connectivity index (χ1n) is 4.43. The fourth-order valence-electron chi connectivity index (χ4n) is 1.36. The van der Waals surface area contributed by atoms with Crippen molar-refractivity contribution < 1.29 is 13.6 Å². The van der Waals surface area contributed by atoms with E-state index in [0.717, 1.165) is 11.1 Å². The van der Waals surface area contributed by atoms with Crippen LogP contribution in [0, 0.1) is 20.8 Å². The van der Waals surface area contributed by atoms with E-state index in [9.17, 15) is 13.6 Å². The number of alkyl halides is 3. The maximum atomic E-state index is 12.6. The van der Waals surface area contributed by atoms with Crippen LogP contribution in [0.15, 0.2) is 12.1 Å². The molecule has 0 spiro atoms. The van der Waals surface area contributed by atoms with Gasteiger partial charge in [-0.1, -0.05) is 6.07 Å². The number of carbonyl (C=O) groups excluding carboxylic acids is 1. The summed E-state index contributed by atoms with van der Waals surface area (Å²) in [7, 11) is 0. The molecular weight excluding hydrogens is 222 g/mol. The number of hydrogen-bond donors (Lipinski definition) is 0. The van der Waals surface area contributed by atoms with E-state index < -0.39 is 11.2 Å². The van der Waals surface area contributed by atoms with Crippen molar-refractivity contribution in [2.24, 2.45) is 0 Å². The number of halogens is 3. The van der Waals surface area contributed by atoms with Crippen molar-refractivity contribution in [2.75, 3.05) is 0 Å². The largest absolute Gasteiger partial charge is 0.384 e.